The van der Waals surface area contributed by atoms with E-state index in [4.69, 9.17) is 5.11 Å². The highest BCUT2D eigenvalue weighted by Crippen LogP contribution is 2.27. The van der Waals surface area contributed by atoms with Gasteiger partial charge in [0.2, 0.25) is 5.91 Å². The largest absolute Gasteiger partial charge is 0.481 e. The van der Waals surface area contributed by atoms with Gasteiger partial charge in [0.05, 0.1) is 5.92 Å². The summed E-state index contributed by atoms with van der Waals surface area (Å²) >= 11 is 0. The number of anilines is 1. The molecule has 0 aliphatic carbocycles. The van der Waals surface area contributed by atoms with Crippen LogP contribution in [0.5, 0.6) is 0 Å². The number of amides is 1. The maximum atomic E-state index is 14.0. The van der Waals surface area contributed by atoms with Gasteiger partial charge < -0.3 is 14.9 Å². The topological polar surface area (TPSA) is 60.9 Å². The zero-order chi connectivity index (χ0) is 30.6. The maximum Gasteiger partial charge on any atom is 0.310 e. The molecule has 1 N–H and O–H groups in total. The van der Waals surface area contributed by atoms with Crippen LogP contribution in [0, 0.1) is 5.82 Å². The van der Waals surface area contributed by atoms with Crippen molar-refractivity contribution in [2.24, 2.45) is 0 Å². The Morgan fingerprint density at radius 3 is 2.02 bits per heavy atom. The van der Waals surface area contributed by atoms with E-state index in [-0.39, 0.29) is 5.91 Å². The molecule has 5 rings (SSSR count). The van der Waals surface area contributed by atoms with Crippen LogP contribution in [0.4, 0.5) is 10.1 Å². The third-order valence-corrected chi connectivity index (χ3v) is 8.04. The molecule has 0 spiro atoms. The van der Waals surface area contributed by atoms with Crippen LogP contribution in [0.1, 0.15) is 50.2 Å². The van der Waals surface area contributed by atoms with Gasteiger partial charge in [0, 0.05) is 43.3 Å². The maximum absolute atomic E-state index is 14.0. The van der Waals surface area contributed by atoms with Gasteiger partial charge >= 0.3 is 5.97 Å². The Kier molecular flexibility index (Phi) is 11.6. The van der Waals surface area contributed by atoms with Crippen LogP contribution in [0.15, 0.2) is 109 Å². The fourth-order valence-corrected chi connectivity index (χ4v) is 5.45. The fourth-order valence-electron chi connectivity index (χ4n) is 5.45. The molecule has 1 fully saturated rings. The summed E-state index contributed by atoms with van der Waals surface area (Å²) in [6, 6.07) is 34.9. The van der Waals surface area contributed by atoms with E-state index in [0.29, 0.717) is 23.6 Å². The Balaban J connectivity index is 0.000000208. The van der Waals surface area contributed by atoms with Gasteiger partial charge in [-0.2, -0.15) is 0 Å². The molecule has 6 heteroatoms. The SMILES string of the molecule is CC(C(=O)O)c1ccc(-c2ccccc2)c(F)c1.CCC(=O)N(c1ccccc1)C1CCN(CCc2ccccc2)CC1. The molecular formula is C37H41FN2O3. The molecule has 1 aliphatic heterocycles. The minimum absolute atomic E-state index is 0.230. The number of rotatable bonds is 9. The Labute approximate surface area is 254 Å². The Hall–Kier alpha value is -4.29. The molecule has 1 aliphatic rings. The smallest absolute Gasteiger partial charge is 0.310 e. The number of hydrogen-bond donors (Lipinski definition) is 1. The molecule has 0 saturated carbocycles. The summed E-state index contributed by atoms with van der Waals surface area (Å²) < 4.78 is 14.0. The number of benzene rings is 4. The number of carboxylic acids is 1. The standard InChI is InChI=1S/C22H28N2O.C15H13FO2/c1-2-22(25)24(20-11-7-4-8-12-20)21-14-17-23(18-15-21)16-13-19-9-5-3-6-10-19;1-10(15(17)18)12-7-8-13(14(16)9-12)11-5-3-2-4-6-11/h3-12,21H,2,13-18H2,1H3;2-10H,1H3,(H,17,18). The van der Waals surface area contributed by atoms with Crippen molar-refractivity contribution >= 4 is 17.6 Å². The van der Waals surface area contributed by atoms with Crippen molar-refractivity contribution < 1.29 is 19.1 Å². The molecule has 1 unspecified atom stereocenters. The molecule has 0 bridgehead atoms. The van der Waals surface area contributed by atoms with Gasteiger partial charge in [-0.25, -0.2) is 4.39 Å². The molecule has 1 amide bonds. The molecule has 1 atom stereocenters. The minimum Gasteiger partial charge on any atom is -0.481 e. The Morgan fingerprint density at radius 2 is 1.47 bits per heavy atom. The molecule has 5 nitrogen and oxygen atoms in total. The van der Waals surface area contributed by atoms with E-state index >= 15 is 0 Å². The number of aliphatic carboxylic acids is 1. The summed E-state index contributed by atoms with van der Waals surface area (Å²) in [5.41, 5.74) is 4.18. The normalized spacial score (nSPS) is 14.3. The lowest BCUT2D eigenvalue weighted by Gasteiger charge is -2.38. The van der Waals surface area contributed by atoms with Crippen LogP contribution in [-0.4, -0.2) is 47.6 Å². The second kappa shape index (κ2) is 15.8. The number of halogens is 1. The summed E-state index contributed by atoms with van der Waals surface area (Å²) in [7, 11) is 0. The van der Waals surface area contributed by atoms with Crippen LogP contribution in [0.3, 0.4) is 0 Å². The molecule has 4 aromatic rings. The van der Waals surface area contributed by atoms with Crippen LogP contribution >= 0.6 is 0 Å². The summed E-state index contributed by atoms with van der Waals surface area (Å²) in [6.07, 6.45) is 3.76. The van der Waals surface area contributed by atoms with E-state index in [1.54, 1.807) is 19.1 Å². The van der Waals surface area contributed by atoms with Gasteiger partial charge in [-0.3, -0.25) is 9.59 Å². The van der Waals surface area contributed by atoms with Gasteiger partial charge in [0.15, 0.2) is 0 Å². The number of nitrogens with zero attached hydrogens (tertiary/aromatic N) is 2. The van der Waals surface area contributed by atoms with Crippen molar-refractivity contribution in [1.82, 2.24) is 4.90 Å². The van der Waals surface area contributed by atoms with Gasteiger partial charge in [-0.1, -0.05) is 97.9 Å². The first-order valence-corrected chi connectivity index (χ1v) is 15.1. The second-order valence-electron chi connectivity index (χ2n) is 10.9. The van der Waals surface area contributed by atoms with E-state index in [1.807, 2.05) is 60.4 Å². The zero-order valence-corrected chi connectivity index (χ0v) is 25.0. The molecule has 1 saturated heterocycles. The van der Waals surface area contributed by atoms with Crippen LogP contribution in [0.25, 0.3) is 11.1 Å². The highest BCUT2D eigenvalue weighted by molar-refractivity contribution is 5.93. The number of likely N-dealkylation sites (tertiary alicyclic amines) is 1. The Bertz CT molecular complexity index is 1440. The van der Waals surface area contributed by atoms with Crippen molar-refractivity contribution in [2.75, 3.05) is 24.5 Å². The lowest BCUT2D eigenvalue weighted by molar-refractivity contribution is -0.138. The third kappa shape index (κ3) is 8.85. The highest BCUT2D eigenvalue weighted by atomic mass is 19.1. The minimum atomic E-state index is -0.957. The van der Waals surface area contributed by atoms with E-state index in [2.05, 4.69) is 47.4 Å². The number of para-hydroxylation sites is 1. The lowest BCUT2D eigenvalue weighted by atomic mass is 9.97. The van der Waals surface area contributed by atoms with Crippen LogP contribution in [0.2, 0.25) is 0 Å². The summed E-state index contributed by atoms with van der Waals surface area (Å²) in [4.78, 5) is 27.9. The summed E-state index contributed by atoms with van der Waals surface area (Å²) in [5, 5.41) is 8.89. The summed E-state index contributed by atoms with van der Waals surface area (Å²) in [5.74, 6) is -1.83. The highest BCUT2D eigenvalue weighted by Gasteiger charge is 2.28. The molecule has 1 heterocycles. The van der Waals surface area contributed by atoms with Crippen molar-refractivity contribution in [3.05, 3.63) is 126 Å². The first-order chi connectivity index (χ1) is 20.9. The van der Waals surface area contributed by atoms with E-state index < -0.39 is 17.7 Å². The zero-order valence-electron chi connectivity index (χ0n) is 25.0. The van der Waals surface area contributed by atoms with Crippen molar-refractivity contribution in [3.8, 4) is 11.1 Å². The fraction of sp³-hybridized carbons (Fsp3) is 0.297. The number of carbonyl (C=O) groups excluding carboxylic acids is 1. The second-order valence-corrected chi connectivity index (χ2v) is 10.9. The number of carbonyl (C=O) groups is 2. The van der Waals surface area contributed by atoms with E-state index in [1.165, 1.54) is 11.6 Å². The van der Waals surface area contributed by atoms with Crippen molar-refractivity contribution in [2.45, 2.75) is 51.5 Å². The first-order valence-electron chi connectivity index (χ1n) is 15.1. The molecule has 0 aromatic heterocycles. The quantitative estimate of drug-likeness (QED) is 0.219. The third-order valence-electron chi connectivity index (χ3n) is 8.04. The lowest BCUT2D eigenvalue weighted by Crippen LogP contribution is -2.47. The van der Waals surface area contributed by atoms with Gasteiger partial charge in [-0.05, 0) is 61.1 Å². The predicted molar refractivity (Wildman–Crippen MR) is 172 cm³/mol. The average Bonchev–Trinajstić information content (AvgIpc) is 3.05. The molecule has 4 aromatic carbocycles. The van der Waals surface area contributed by atoms with Gasteiger partial charge in [0.1, 0.15) is 5.82 Å². The number of carboxylic acid groups (broad SMARTS) is 1. The van der Waals surface area contributed by atoms with Crippen LogP contribution < -0.4 is 4.90 Å². The van der Waals surface area contributed by atoms with E-state index in [0.717, 1.165) is 50.1 Å². The molecule has 0 radical (unpaired) electrons. The number of hydrogen-bond acceptors (Lipinski definition) is 3. The first kappa shape index (κ1) is 31.6. The monoisotopic (exact) mass is 580 g/mol. The Morgan fingerprint density at radius 1 is 0.884 bits per heavy atom. The molecule has 224 valence electrons. The van der Waals surface area contributed by atoms with Crippen molar-refractivity contribution in [1.29, 1.82) is 0 Å². The summed E-state index contributed by atoms with van der Waals surface area (Å²) in [6.45, 7) is 6.73. The number of piperidine rings is 1. The van der Waals surface area contributed by atoms with Crippen molar-refractivity contribution in [3.63, 3.8) is 0 Å². The predicted octanol–water partition coefficient (Wildman–Crippen LogP) is 7.82. The van der Waals surface area contributed by atoms with Gasteiger partial charge in [-0.15, -0.1) is 0 Å². The molecular weight excluding hydrogens is 539 g/mol. The van der Waals surface area contributed by atoms with Crippen LogP contribution in [-0.2, 0) is 16.0 Å². The van der Waals surface area contributed by atoms with Gasteiger partial charge in [0.25, 0.3) is 0 Å². The van der Waals surface area contributed by atoms with E-state index in [9.17, 15) is 14.0 Å². The molecule has 43 heavy (non-hydrogen) atoms. The average molecular weight is 581 g/mol.